The van der Waals surface area contributed by atoms with Crippen molar-refractivity contribution in [2.24, 2.45) is 0 Å². The number of hydrogen-bond acceptors (Lipinski definition) is 2. The van der Waals surface area contributed by atoms with Crippen LogP contribution in [-0.2, 0) is 19.4 Å². The zero-order valence-electron chi connectivity index (χ0n) is 13.5. The van der Waals surface area contributed by atoms with Gasteiger partial charge in [0.15, 0.2) is 0 Å². The third-order valence-corrected chi connectivity index (χ3v) is 4.55. The highest BCUT2D eigenvalue weighted by Gasteiger charge is 2.10. The predicted molar refractivity (Wildman–Crippen MR) is 93.2 cm³/mol. The molecule has 1 fully saturated rings. The summed E-state index contributed by atoms with van der Waals surface area (Å²) in [6.45, 7) is 7.84. The monoisotopic (exact) mass is 294 g/mol. The zero-order chi connectivity index (χ0) is 15.2. The van der Waals surface area contributed by atoms with Crippen molar-refractivity contribution in [3.05, 3.63) is 70.8 Å². The number of rotatable bonds is 5. The molecule has 1 aliphatic heterocycles. The van der Waals surface area contributed by atoms with Crippen molar-refractivity contribution in [2.45, 2.75) is 26.3 Å². The second-order valence-corrected chi connectivity index (χ2v) is 6.27. The average molecular weight is 294 g/mol. The molecule has 0 radical (unpaired) electrons. The smallest absolute Gasteiger partial charge is 0.0234 e. The predicted octanol–water partition coefficient (Wildman–Crippen LogP) is 3.19. The average Bonchev–Trinajstić information content (AvgIpc) is 2.55. The summed E-state index contributed by atoms with van der Waals surface area (Å²) in [5, 5.41) is 3.41. The van der Waals surface area contributed by atoms with E-state index in [0.717, 1.165) is 45.6 Å². The number of nitrogens with one attached hydrogen (secondary N) is 1. The summed E-state index contributed by atoms with van der Waals surface area (Å²) in [6.07, 6.45) is 2.25. The molecule has 0 atom stereocenters. The van der Waals surface area contributed by atoms with E-state index in [1.54, 1.807) is 0 Å². The molecule has 0 saturated carbocycles. The molecule has 0 aliphatic carbocycles. The molecule has 116 valence electrons. The lowest BCUT2D eigenvalue weighted by molar-refractivity contribution is 0.233. The Balaban J connectivity index is 1.60. The van der Waals surface area contributed by atoms with Crippen molar-refractivity contribution in [1.29, 1.82) is 0 Å². The Kier molecular flexibility index (Phi) is 5.25. The van der Waals surface area contributed by atoms with E-state index in [4.69, 9.17) is 0 Å². The highest BCUT2D eigenvalue weighted by Crippen LogP contribution is 2.14. The summed E-state index contributed by atoms with van der Waals surface area (Å²) >= 11 is 0. The van der Waals surface area contributed by atoms with E-state index in [-0.39, 0.29) is 0 Å². The molecule has 0 spiro atoms. The molecule has 1 heterocycles. The topological polar surface area (TPSA) is 15.3 Å². The molecule has 22 heavy (non-hydrogen) atoms. The Morgan fingerprint density at radius 2 is 1.68 bits per heavy atom. The fourth-order valence-electron chi connectivity index (χ4n) is 3.18. The standard InChI is InChI=1S/C20H26N2/c1-17-5-2-3-8-20(17)10-9-18-6-4-7-19(15-18)16-22-13-11-21-12-14-22/h2-8,15,21H,9-14,16H2,1H3. The minimum absolute atomic E-state index is 1.08. The van der Waals surface area contributed by atoms with Gasteiger partial charge in [0.05, 0.1) is 0 Å². The molecule has 0 aromatic heterocycles. The van der Waals surface area contributed by atoms with Gasteiger partial charge in [-0.05, 0) is 42.0 Å². The van der Waals surface area contributed by atoms with Crippen LogP contribution < -0.4 is 5.32 Å². The number of aryl methyl sites for hydroxylation is 3. The largest absolute Gasteiger partial charge is 0.314 e. The molecule has 1 N–H and O–H groups in total. The van der Waals surface area contributed by atoms with Gasteiger partial charge in [-0.3, -0.25) is 4.90 Å². The van der Waals surface area contributed by atoms with E-state index in [1.807, 2.05) is 0 Å². The molecule has 0 bridgehead atoms. The molecule has 1 saturated heterocycles. The number of benzene rings is 2. The molecule has 0 unspecified atom stereocenters. The van der Waals surface area contributed by atoms with Crippen LogP contribution in [0.1, 0.15) is 22.3 Å². The van der Waals surface area contributed by atoms with Crippen LogP contribution in [0.5, 0.6) is 0 Å². The number of piperazine rings is 1. The van der Waals surface area contributed by atoms with Crippen molar-refractivity contribution < 1.29 is 0 Å². The third kappa shape index (κ3) is 4.19. The second kappa shape index (κ2) is 7.57. The summed E-state index contributed by atoms with van der Waals surface area (Å²) in [5.74, 6) is 0. The lowest BCUT2D eigenvalue weighted by Crippen LogP contribution is -2.42. The summed E-state index contributed by atoms with van der Waals surface area (Å²) < 4.78 is 0. The Labute approximate surface area is 134 Å². The van der Waals surface area contributed by atoms with Gasteiger partial charge in [0.2, 0.25) is 0 Å². The van der Waals surface area contributed by atoms with Crippen molar-refractivity contribution in [1.82, 2.24) is 10.2 Å². The zero-order valence-corrected chi connectivity index (χ0v) is 13.5. The summed E-state index contributed by atoms with van der Waals surface area (Å²) in [5.41, 5.74) is 5.77. The molecular weight excluding hydrogens is 268 g/mol. The van der Waals surface area contributed by atoms with Gasteiger partial charge >= 0.3 is 0 Å². The van der Waals surface area contributed by atoms with Crippen LogP contribution in [0, 0.1) is 6.92 Å². The molecule has 2 aromatic carbocycles. The molecule has 3 rings (SSSR count). The Bertz CT molecular complexity index is 600. The lowest BCUT2D eigenvalue weighted by Gasteiger charge is -2.27. The van der Waals surface area contributed by atoms with Crippen molar-refractivity contribution in [3.8, 4) is 0 Å². The third-order valence-electron chi connectivity index (χ3n) is 4.55. The van der Waals surface area contributed by atoms with Gasteiger partial charge in [-0.2, -0.15) is 0 Å². The van der Waals surface area contributed by atoms with Crippen molar-refractivity contribution >= 4 is 0 Å². The summed E-state index contributed by atoms with van der Waals surface area (Å²) in [4.78, 5) is 2.54. The molecular formula is C20H26N2. The maximum Gasteiger partial charge on any atom is 0.0234 e. The van der Waals surface area contributed by atoms with Crippen LogP contribution in [0.2, 0.25) is 0 Å². The first-order valence-electron chi connectivity index (χ1n) is 8.37. The lowest BCUT2D eigenvalue weighted by atomic mass is 9.99. The fourth-order valence-corrected chi connectivity index (χ4v) is 3.18. The second-order valence-electron chi connectivity index (χ2n) is 6.27. The van der Waals surface area contributed by atoms with Gasteiger partial charge < -0.3 is 5.32 Å². The Morgan fingerprint density at radius 3 is 2.50 bits per heavy atom. The quantitative estimate of drug-likeness (QED) is 0.911. The van der Waals surface area contributed by atoms with E-state index in [2.05, 4.69) is 65.7 Å². The molecule has 2 heteroatoms. The van der Waals surface area contributed by atoms with Gasteiger partial charge in [-0.15, -0.1) is 0 Å². The summed E-state index contributed by atoms with van der Waals surface area (Å²) in [6, 6.07) is 17.8. The van der Waals surface area contributed by atoms with Gasteiger partial charge in [0, 0.05) is 32.7 Å². The highest BCUT2D eigenvalue weighted by atomic mass is 15.2. The first-order chi connectivity index (χ1) is 10.8. The van der Waals surface area contributed by atoms with E-state index in [1.165, 1.54) is 22.3 Å². The van der Waals surface area contributed by atoms with Crippen LogP contribution in [-0.4, -0.2) is 31.1 Å². The van der Waals surface area contributed by atoms with Crippen molar-refractivity contribution in [3.63, 3.8) is 0 Å². The maximum absolute atomic E-state index is 3.41. The maximum atomic E-state index is 3.41. The summed E-state index contributed by atoms with van der Waals surface area (Å²) in [7, 11) is 0. The van der Waals surface area contributed by atoms with E-state index in [9.17, 15) is 0 Å². The molecule has 0 amide bonds. The van der Waals surface area contributed by atoms with E-state index >= 15 is 0 Å². The van der Waals surface area contributed by atoms with Crippen LogP contribution in [0.15, 0.2) is 48.5 Å². The first-order valence-corrected chi connectivity index (χ1v) is 8.37. The van der Waals surface area contributed by atoms with Crippen LogP contribution in [0.25, 0.3) is 0 Å². The van der Waals surface area contributed by atoms with Gasteiger partial charge in [0.25, 0.3) is 0 Å². The molecule has 2 nitrogen and oxygen atoms in total. The van der Waals surface area contributed by atoms with Gasteiger partial charge in [0.1, 0.15) is 0 Å². The molecule has 1 aliphatic rings. The molecule has 2 aromatic rings. The number of nitrogens with zero attached hydrogens (tertiary/aromatic N) is 1. The van der Waals surface area contributed by atoms with Crippen LogP contribution in [0.4, 0.5) is 0 Å². The van der Waals surface area contributed by atoms with Crippen molar-refractivity contribution in [2.75, 3.05) is 26.2 Å². The normalized spacial score (nSPS) is 15.9. The minimum Gasteiger partial charge on any atom is -0.314 e. The number of hydrogen-bond donors (Lipinski definition) is 1. The van der Waals surface area contributed by atoms with E-state index in [0.29, 0.717) is 0 Å². The Hall–Kier alpha value is -1.64. The van der Waals surface area contributed by atoms with E-state index < -0.39 is 0 Å². The fraction of sp³-hybridized carbons (Fsp3) is 0.400. The first kappa shape index (κ1) is 15.3. The van der Waals surface area contributed by atoms with Crippen LogP contribution in [0.3, 0.4) is 0 Å². The Morgan fingerprint density at radius 1 is 0.909 bits per heavy atom. The SMILES string of the molecule is Cc1ccccc1CCc1cccc(CN2CCNCC2)c1. The van der Waals surface area contributed by atoms with Gasteiger partial charge in [-0.1, -0.05) is 48.5 Å². The van der Waals surface area contributed by atoms with Gasteiger partial charge in [-0.25, -0.2) is 0 Å². The highest BCUT2D eigenvalue weighted by molar-refractivity contribution is 5.28. The minimum atomic E-state index is 1.08. The van der Waals surface area contributed by atoms with Crippen LogP contribution >= 0.6 is 0 Å².